The summed E-state index contributed by atoms with van der Waals surface area (Å²) >= 11 is 0. The summed E-state index contributed by atoms with van der Waals surface area (Å²) in [6, 6.07) is 60.8. The largest absolute Gasteiger partial charge is 0.208 e. The smallest absolute Gasteiger partial charge is 0.164 e. The van der Waals surface area contributed by atoms with Crippen molar-refractivity contribution in [2.45, 2.75) is 37.5 Å². The van der Waals surface area contributed by atoms with Crippen LogP contribution in [0.3, 0.4) is 0 Å². The summed E-state index contributed by atoms with van der Waals surface area (Å²) in [5.74, 6) is 4.78. The molecule has 2 saturated carbocycles. The molecule has 282 valence electrons. The van der Waals surface area contributed by atoms with Crippen LogP contribution in [0.1, 0.15) is 37.7 Å². The minimum absolute atomic E-state index is 0.352. The summed E-state index contributed by atoms with van der Waals surface area (Å²) < 4.78 is 0. The molecule has 6 nitrogen and oxygen atoms in total. The second kappa shape index (κ2) is 14.6. The summed E-state index contributed by atoms with van der Waals surface area (Å²) in [5.41, 5.74) is 9.68. The third kappa shape index (κ3) is 6.57. The highest BCUT2D eigenvalue weighted by molar-refractivity contribution is 6.04. The van der Waals surface area contributed by atoms with Gasteiger partial charge >= 0.3 is 0 Å². The molecular formula is C53H40N6. The second-order valence-corrected chi connectivity index (χ2v) is 16.0. The number of hydrogen-bond acceptors (Lipinski definition) is 6. The van der Waals surface area contributed by atoms with Gasteiger partial charge in [0.25, 0.3) is 0 Å². The van der Waals surface area contributed by atoms with Crippen molar-refractivity contribution in [1.82, 2.24) is 29.9 Å². The van der Waals surface area contributed by atoms with Gasteiger partial charge in [0.1, 0.15) is 0 Å². The lowest BCUT2D eigenvalue weighted by atomic mass is 9.77. The third-order valence-electron chi connectivity index (χ3n) is 12.5. The van der Waals surface area contributed by atoms with Crippen molar-refractivity contribution in [2.24, 2.45) is 5.92 Å². The van der Waals surface area contributed by atoms with Gasteiger partial charge in [-0.2, -0.15) is 0 Å². The van der Waals surface area contributed by atoms with E-state index in [9.17, 15) is 0 Å². The fraction of sp³-hybridized carbons (Fsp3) is 0.132. The molecule has 0 radical (unpaired) electrons. The Labute approximate surface area is 343 Å². The van der Waals surface area contributed by atoms with Gasteiger partial charge in [0.2, 0.25) is 0 Å². The second-order valence-electron chi connectivity index (χ2n) is 16.0. The highest BCUT2D eigenvalue weighted by atomic mass is 15.0. The average molecular weight is 761 g/mol. The number of rotatable bonds is 8. The van der Waals surface area contributed by atoms with Crippen LogP contribution >= 0.6 is 0 Å². The Morgan fingerprint density at radius 2 is 0.746 bits per heavy atom. The Hall–Kier alpha value is -7.18. The molecule has 2 heterocycles. The number of nitrogens with zero attached hydrogens (tertiary/aromatic N) is 6. The third-order valence-corrected chi connectivity index (χ3v) is 12.5. The SMILES string of the molecule is c1ccc(-c2nc(-c3ccccc3)nc(-c3cccc(-c4ccc(-c5nc(-c6ccccc6)nc(-c6ccc(C78CCC(CC7)C8)cc6)n5)c5ccccc45)c3)n2)cc1. The van der Waals surface area contributed by atoms with Crippen molar-refractivity contribution >= 4 is 10.8 Å². The lowest BCUT2D eigenvalue weighted by molar-refractivity contribution is 0.419. The van der Waals surface area contributed by atoms with Crippen LogP contribution in [0.15, 0.2) is 176 Å². The lowest BCUT2D eigenvalue weighted by Crippen LogP contribution is -2.19. The van der Waals surface area contributed by atoms with Gasteiger partial charge in [-0.25, -0.2) is 29.9 Å². The van der Waals surface area contributed by atoms with Crippen LogP contribution in [0, 0.1) is 5.92 Å². The maximum atomic E-state index is 5.20. The van der Waals surface area contributed by atoms with Gasteiger partial charge < -0.3 is 0 Å². The molecule has 59 heavy (non-hydrogen) atoms. The van der Waals surface area contributed by atoms with E-state index in [-0.39, 0.29) is 0 Å². The maximum Gasteiger partial charge on any atom is 0.164 e. The number of benzene rings is 7. The van der Waals surface area contributed by atoms with E-state index in [1.165, 1.54) is 37.7 Å². The minimum atomic E-state index is 0.352. The number of fused-ring (bicyclic) bond motifs is 3. The highest BCUT2D eigenvalue weighted by Crippen LogP contribution is 2.55. The molecule has 9 aromatic rings. The number of aromatic nitrogens is 6. The molecule has 0 N–H and O–H groups in total. The van der Waals surface area contributed by atoms with Crippen molar-refractivity contribution in [2.75, 3.05) is 0 Å². The quantitative estimate of drug-likeness (QED) is 0.153. The van der Waals surface area contributed by atoms with Crippen LogP contribution in [0.2, 0.25) is 0 Å². The Morgan fingerprint density at radius 3 is 1.25 bits per heavy atom. The monoisotopic (exact) mass is 760 g/mol. The molecule has 2 aliphatic rings. The van der Waals surface area contributed by atoms with Crippen molar-refractivity contribution in [3.05, 3.63) is 181 Å². The van der Waals surface area contributed by atoms with Gasteiger partial charge in [0.15, 0.2) is 34.9 Å². The summed E-state index contributed by atoms with van der Waals surface area (Å²) in [5, 5.41) is 2.17. The van der Waals surface area contributed by atoms with E-state index in [0.29, 0.717) is 40.4 Å². The summed E-state index contributed by atoms with van der Waals surface area (Å²) in [6.07, 6.45) is 6.67. The van der Waals surface area contributed by atoms with Crippen LogP contribution < -0.4 is 0 Å². The Balaban J connectivity index is 1.00. The summed E-state index contributed by atoms with van der Waals surface area (Å²) in [4.78, 5) is 30.3. The lowest BCUT2D eigenvalue weighted by Gasteiger charge is -2.27. The van der Waals surface area contributed by atoms with Crippen LogP contribution in [0.5, 0.6) is 0 Å². The van der Waals surface area contributed by atoms with Gasteiger partial charge in [-0.15, -0.1) is 0 Å². The zero-order chi connectivity index (χ0) is 39.2. The number of hydrogen-bond donors (Lipinski definition) is 0. The van der Waals surface area contributed by atoms with E-state index in [4.69, 9.17) is 29.9 Å². The van der Waals surface area contributed by atoms with Crippen molar-refractivity contribution < 1.29 is 0 Å². The maximum absolute atomic E-state index is 5.20. The Bertz CT molecular complexity index is 2900. The zero-order valence-electron chi connectivity index (χ0n) is 32.5. The van der Waals surface area contributed by atoms with Gasteiger partial charge in [-0.05, 0) is 83.0 Å². The first kappa shape index (κ1) is 35.0. The molecule has 0 amide bonds. The van der Waals surface area contributed by atoms with Crippen molar-refractivity contribution in [3.8, 4) is 79.5 Å². The van der Waals surface area contributed by atoms with E-state index in [0.717, 1.165) is 61.2 Å². The van der Waals surface area contributed by atoms with Gasteiger partial charge in [-0.3, -0.25) is 0 Å². The normalized spacial score (nSPS) is 17.1. The van der Waals surface area contributed by atoms with Crippen molar-refractivity contribution in [1.29, 1.82) is 0 Å². The van der Waals surface area contributed by atoms with Crippen LogP contribution in [0.25, 0.3) is 90.2 Å². The molecule has 0 spiro atoms. The molecule has 11 rings (SSSR count). The highest BCUT2D eigenvalue weighted by Gasteiger charge is 2.45. The van der Waals surface area contributed by atoms with Gasteiger partial charge in [0.05, 0.1) is 0 Å². The van der Waals surface area contributed by atoms with Gasteiger partial charge in [-0.1, -0.05) is 164 Å². The molecule has 6 heteroatoms. The Morgan fingerprint density at radius 1 is 0.339 bits per heavy atom. The van der Waals surface area contributed by atoms with E-state index in [1.807, 2.05) is 78.9 Å². The summed E-state index contributed by atoms with van der Waals surface area (Å²) in [6.45, 7) is 0. The predicted molar refractivity (Wildman–Crippen MR) is 237 cm³/mol. The molecule has 0 unspecified atom stereocenters. The molecule has 2 bridgehead atoms. The molecular weight excluding hydrogens is 721 g/mol. The van der Waals surface area contributed by atoms with E-state index in [2.05, 4.69) is 97.1 Å². The first-order valence-electron chi connectivity index (χ1n) is 20.6. The first-order valence-corrected chi connectivity index (χ1v) is 20.6. The predicted octanol–water partition coefficient (Wildman–Crippen LogP) is 12.7. The van der Waals surface area contributed by atoms with Crippen LogP contribution in [-0.2, 0) is 5.41 Å². The molecule has 2 fully saturated rings. The Kier molecular flexibility index (Phi) is 8.69. The minimum Gasteiger partial charge on any atom is -0.208 e. The topological polar surface area (TPSA) is 77.3 Å². The standard InChI is InChI=1S/C53H40N6/c1-4-13-36(14-5-1)47-54-48(37-15-6-2-7-16-37)57-51(56-47)41-20-12-19-40(33-41)43-27-28-46(45-22-11-10-21-44(43)45)52-58-49(38-17-8-3-9-18-38)55-50(59-52)39-23-25-42(26-24-39)53-31-29-35(34-53)30-32-53/h1-28,33,35H,29-32,34H2. The van der Waals surface area contributed by atoms with E-state index in [1.54, 1.807) is 0 Å². The zero-order valence-corrected chi connectivity index (χ0v) is 32.5. The summed E-state index contributed by atoms with van der Waals surface area (Å²) in [7, 11) is 0. The van der Waals surface area contributed by atoms with E-state index < -0.39 is 0 Å². The molecule has 7 aromatic carbocycles. The fourth-order valence-corrected chi connectivity index (χ4v) is 9.42. The molecule has 0 aliphatic heterocycles. The van der Waals surface area contributed by atoms with Crippen LogP contribution in [0.4, 0.5) is 0 Å². The molecule has 2 aromatic heterocycles. The fourth-order valence-electron chi connectivity index (χ4n) is 9.42. The van der Waals surface area contributed by atoms with Crippen LogP contribution in [-0.4, -0.2) is 29.9 Å². The van der Waals surface area contributed by atoms with Crippen molar-refractivity contribution in [3.63, 3.8) is 0 Å². The average Bonchev–Trinajstić information content (AvgIpc) is 3.95. The van der Waals surface area contributed by atoms with E-state index >= 15 is 0 Å². The van der Waals surface area contributed by atoms with Gasteiger partial charge in [0, 0.05) is 33.4 Å². The molecule has 0 atom stereocenters. The molecule has 2 aliphatic carbocycles. The molecule has 0 saturated heterocycles. The first-order chi connectivity index (χ1) is 29.2.